The normalized spacial score (nSPS) is 20.9. The molecule has 0 N–H and O–H groups in total. The Morgan fingerprint density at radius 3 is 2.44 bits per heavy atom. The number of ether oxygens (including phenoxy) is 2. The summed E-state index contributed by atoms with van der Waals surface area (Å²) in [6, 6.07) is 17.0. The summed E-state index contributed by atoms with van der Waals surface area (Å²) in [5.41, 5.74) is 3.82. The van der Waals surface area contributed by atoms with Crippen LogP contribution in [-0.2, 0) is 21.5 Å². The Kier molecular flexibility index (Phi) is 8.36. The summed E-state index contributed by atoms with van der Waals surface area (Å²) < 4.78 is 11.4. The summed E-state index contributed by atoms with van der Waals surface area (Å²) >= 11 is 0. The molecule has 174 valence electrons. The molecule has 4 heteroatoms. The van der Waals surface area contributed by atoms with E-state index >= 15 is 0 Å². The minimum atomic E-state index is 0.0348. The molecule has 1 amide bonds. The van der Waals surface area contributed by atoms with Crippen molar-refractivity contribution in [3.8, 4) is 5.75 Å². The Hall–Kier alpha value is -2.33. The zero-order valence-electron chi connectivity index (χ0n) is 20.4. The molecule has 2 aromatic rings. The van der Waals surface area contributed by atoms with Gasteiger partial charge in [0.15, 0.2) is 0 Å². The Morgan fingerprint density at radius 2 is 1.84 bits per heavy atom. The summed E-state index contributed by atoms with van der Waals surface area (Å²) in [6.07, 6.45) is 3.72. The molecule has 1 fully saturated rings. The van der Waals surface area contributed by atoms with Crippen LogP contribution in [0.25, 0.3) is 0 Å². The van der Waals surface area contributed by atoms with Crippen molar-refractivity contribution in [1.29, 1.82) is 0 Å². The van der Waals surface area contributed by atoms with Crippen LogP contribution in [0.15, 0.2) is 48.5 Å². The second kappa shape index (κ2) is 11.0. The fourth-order valence-electron chi connectivity index (χ4n) is 4.74. The largest absolute Gasteiger partial charge is 0.497 e. The molecule has 2 aromatic carbocycles. The highest BCUT2D eigenvalue weighted by atomic mass is 16.5. The van der Waals surface area contributed by atoms with Crippen LogP contribution in [0.1, 0.15) is 63.1 Å². The van der Waals surface area contributed by atoms with Crippen LogP contribution in [0.4, 0.5) is 0 Å². The van der Waals surface area contributed by atoms with Crippen molar-refractivity contribution in [1.82, 2.24) is 4.90 Å². The Balaban J connectivity index is 1.82. The van der Waals surface area contributed by atoms with Crippen molar-refractivity contribution < 1.29 is 14.3 Å². The molecule has 32 heavy (non-hydrogen) atoms. The van der Waals surface area contributed by atoms with E-state index < -0.39 is 0 Å². The molecule has 0 saturated carbocycles. The highest BCUT2D eigenvalue weighted by Gasteiger charge is 2.39. The number of nitrogens with zero attached hydrogens (tertiary/aromatic N) is 1. The maximum Gasteiger partial charge on any atom is 0.222 e. The molecule has 0 radical (unpaired) electrons. The van der Waals surface area contributed by atoms with Gasteiger partial charge in [0, 0.05) is 31.5 Å². The van der Waals surface area contributed by atoms with Gasteiger partial charge >= 0.3 is 0 Å². The number of rotatable bonds is 9. The van der Waals surface area contributed by atoms with Gasteiger partial charge in [-0.1, -0.05) is 62.7 Å². The third-order valence-electron chi connectivity index (χ3n) is 6.96. The van der Waals surface area contributed by atoms with Crippen molar-refractivity contribution in [3.05, 3.63) is 65.2 Å². The number of hydrogen-bond acceptors (Lipinski definition) is 3. The lowest BCUT2D eigenvalue weighted by molar-refractivity contribution is -0.132. The van der Waals surface area contributed by atoms with Gasteiger partial charge in [-0.2, -0.15) is 0 Å². The molecular formula is C28H39NO3. The van der Waals surface area contributed by atoms with E-state index in [2.05, 4.69) is 45.0 Å². The van der Waals surface area contributed by atoms with Crippen molar-refractivity contribution in [2.45, 2.75) is 71.4 Å². The molecule has 1 saturated heterocycles. The molecule has 0 unspecified atom stereocenters. The molecular weight excluding hydrogens is 398 g/mol. The van der Waals surface area contributed by atoms with E-state index in [4.69, 9.17) is 9.47 Å². The zero-order valence-corrected chi connectivity index (χ0v) is 20.4. The molecule has 0 spiro atoms. The first-order valence-electron chi connectivity index (χ1n) is 12.0. The lowest BCUT2D eigenvalue weighted by Gasteiger charge is -2.44. The summed E-state index contributed by atoms with van der Waals surface area (Å²) in [7, 11) is 1.67. The third-order valence-corrected chi connectivity index (χ3v) is 6.96. The number of methoxy groups -OCH3 is 1. The van der Waals surface area contributed by atoms with Gasteiger partial charge in [-0.25, -0.2) is 0 Å². The van der Waals surface area contributed by atoms with E-state index in [-0.39, 0.29) is 17.4 Å². The summed E-state index contributed by atoms with van der Waals surface area (Å²) in [4.78, 5) is 14.9. The zero-order chi connectivity index (χ0) is 23.1. The van der Waals surface area contributed by atoms with Gasteiger partial charge in [0.1, 0.15) is 5.75 Å². The van der Waals surface area contributed by atoms with Crippen LogP contribution >= 0.6 is 0 Å². The Bertz CT molecular complexity index is 859. The first-order valence-corrected chi connectivity index (χ1v) is 12.0. The summed E-state index contributed by atoms with van der Waals surface area (Å²) in [5.74, 6) is 1.52. The first kappa shape index (κ1) is 24.3. The second-order valence-electron chi connectivity index (χ2n) is 9.52. The molecule has 1 aliphatic heterocycles. The molecule has 0 bridgehead atoms. The predicted octanol–water partition coefficient (Wildman–Crippen LogP) is 5.91. The van der Waals surface area contributed by atoms with Crippen LogP contribution < -0.4 is 4.74 Å². The van der Waals surface area contributed by atoms with Crippen LogP contribution in [0.3, 0.4) is 0 Å². The number of aryl methyl sites for hydroxylation is 1. The van der Waals surface area contributed by atoms with E-state index in [1.807, 2.05) is 36.1 Å². The maximum atomic E-state index is 12.8. The van der Waals surface area contributed by atoms with Crippen molar-refractivity contribution in [2.75, 3.05) is 20.3 Å². The highest BCUT2D eigenvalue weighted by molar-refractivity contribution is 5.75. The Labute approximate surface area is 193 Å². The molecule has 3 rings (SSSR count). The van der Waals surface area contributed by atoms with Crippen LogP contribution in [-0.4, -0.2) is 37.2 Å². The standard InChI is InChI=1S/C28H39NO3/c1-6-27(30)29(20-23-9-13-25(31-5)14-10-23)17-15-28(24-11-7-22(4)8-12-24)16-18-32-26(19-28)21(2)3/h7-14,21,26H,6,15-20H2,1-5H3/t26-,28-/m0/s1. The van der Waals surface area contributed by atoms with E-state index in [0.717, 1.165) is 43.7 Å². The molecule has 1 heterocycles. The number of hydrogen-bond donors (Lipinski definition) is 0. The number of carbonyl (C=O) groups excluding carboxylic acids is 1. The topological polar surface area (TPSA) is 38.8 Å². The lowest BCUT2D eigenvalue weighted by atomic mass is 9.68. The highest BCUT2D eigenvalue weighted by Crippen LogP contribution is 2.42. The average molecular weight is 438 g/mol. The summed E-state index contributed by atoms with van der Waals surface area (Å²) in [6.45, 7) is 10.7. The van der Waals surface area contributed by atoms with Gasteiger partial charge in [0.2, 0.25) is 5.91 Å². The Morgan fingerprint density at radius 1 is 1.16 bits per heavy atom. The molecule has 0 aromatic heterocycles. The van der Waals surface area contributed by atoms with Crippen molar-refractivity contribution >= 4 is 5.91 Å². The van der Waals surface area contributed by atoms with Crippen LogP contribution in [0.2, 0.25) is 0 Å². The monoisotopic (exact) mass is 437 g/mol. The fourth-order valence-corrected chi connectivity index (χ4v) is 4.74. The van der Waals surface area contributed by atoms with E-state index in [1.165, 1.54) is 11.1 Å². The second-order valence-corrected chi connectivity index (χ2v) is 9.52. The maximum absolute atomic E-state index is 12.8. The predicted molar refractivity (Wildman–Crippen MR) is 130 cm³/mol. The summed E-state index contributed by atoms with van der Waals surface area (Å²) in [5, 5.41) is 0. The quantitative estimate of drug-likeness (QED) is 0.490. The van der Waals surface area contributed by atoms with E-state index in [9.17, 15) is 4.79 Å². The van der Waals surface area contributed by atoms with Crippen LogP contribution in [0.5, 0.6) is 5.75 Å². The van der Waals surface area contributed by atoms with Gasteiger partial charge in [-0.3, -0.25) is 4.79 Å². The number of amides is 1. The molecule has 1 aliphatic rings. The SMILES string of the molecule is CCC(=O)N(CC[C@]1(c2ccc(C)cc2)CCO[C@H](C(C)C)C1)Cc1ccc(OC)cc1. The van der Waals surface area contributed by atoms with Crippen molar-refractivity contribution in [3.63, 3.8) is 0 Å². The van der Waals surface area contributed by atoms with Gasteiger partial charge in [0.05, 0.1) is 13.2 Å². The van der Waals surface area contributed by atoms with E-state index in [0.29, 0.717) is 18.9 Å². The van der Waals surface area contributed by atoms with Crippen molar-refractivity contribution in [2.24, 2.45) is 5.92 Å². The minimum absolute atomic E-state index is 0.0348. The lowest BCUT2D eigenvalue weighted by Crippen LogP contribution is -2.43. The first-order chi connectivity index (χ1) is 15.4. The van der Waals surface area contributed by atoms with Gasteiger partial charge in [-0.05, 0) is 55.4 Å². The smallest absolute Gasteiger partial charge is 0.222 e. The molecule has 4 nitrogen and oxygen atoms in total. The third kappa shape index (κ3) is 5.92. The van der Waals surface area contributed by atoms with Gasteiger partial charge in [-0.15, -0.1) is 0 Å². The number of carbonyl (C=O) groups is 1. The van der Waals surface area contributed by atoms with Gasteiger partial charge in [0.25, 0.3) is 0 Å². The average Bonchev–Trinajstić information content (AvgIpc) is 2.82. The van der Waals surface area contributed by atoms with Crippen LogP contribution in [0, 0.1) is 12.8 Å². The number of benzene rings is 2. The minimum Gasteiger partial charge on any atom is -0.497 e. The molecule has 2 atom stereocenters. The van der Waals surface area contributed by atoms with E-state index in [1.54, 1.807) is 7.11 Å². The molecule has 0 aliphatic carbocycles. The van der Waals surface area contributed by atoms with Gasteiger partial charge < -0.3 is 14.4 Å². The fraction of sp³-hybridized carbons (Fsp3) is 0.536.